The predicted octanol–water partition coefficient (Wildman–Crippen LogP) is 3.32. The van der Waals surface area contributed by atoms with Crippen molar-refractivity contribution in [3.63, 3.8) is 0 Å². The molecule has 22 heavy (non-hydrogen) atoms. The smallest absolute Gasteiger partial charge is 0.158 e. The van der Waals surface area contributed by atoms with E-state index in [2.05, 4.69) is 27.9 Å². The molecule has 0 unspecified atom stereocenters. The number of anilines is 1. The second-order valence-corrected chi connectivity index (χ2v) is 5.87. The molecule has 5 nitrogen and oxygen atoms in total. The van der Waals surface area contributed by atoms with Crippen LogP contribution in [0.3, 0.4) is 0 Å². The monoisotopic (exact) mass is 293 g/mol. The molecule has 0 atom stereocenters. The summed E-state index contributed by atoms with van der Waals surface area (Å²) >= 11 is 0. The first-order valence-electron chi connectivity index (χ1n) is 7.84. The van der Waals surface area contributed by atoms with Crippen LogP contribution in [0.5, 0.6) is 0 Å². The number of H-pyrrole nitrogens is 1. The summed E-state index contributed by atoms with van der Waals surface area (Å²) in [5.74, 6) is 1.74. The van der Waals surface area contributed by atoms with Crippen molar-refractivity contribution in [2.45, 2.75) is 26.2 Å². The number of imidazole rings is 1. The molecule has 112 valence electrons. The molecule has 0 bridgehead atoms. The molecule has 1 aliphatic rings. The first kappa shape index (κ1) is 13.2. The molecule has 4 rings (SSSR count). The quantitative estimate of drug-likeness (QED) is 0.787. The Morgan fingerprint density at radius 2 is 1.91 bits per heavy atom. The van der Waals surface area contributed by atoms with Crippen molar-refractivity contribution in [2.24, 2.45) is 0 Å². The van der Waals surface area contributed by atoms with Gasteiger partial charge in [-0.2, -0.15) is 0 Å². The number of aromatic nitrogens is 4. The molecule has 0 saturated carbocycles. The highest BCUT2D eigenvalue weighted by Crippen LogP contribution is 2.23. The van der Waals surface area contributed by atoms with E-state index in [1.54, 1.807) is 6.20 Å². The molecule has 5 heteroatoms. The zero-order valence-corrected chi connectivity index (χ0v) is 12.7. The SMILES string of the molecule is Cc1cccc2[nH]c(-c3cncc(N4CCCCC4)n3)nc12. The topological polar surface area (TPSA) is 57.7 Å². The molecule has 0 aliphatic carbocycles. The van der Waals surface area contributed by atoms with Gasteiger partial charge in [0.2, 0.25) is 0 Å². The third-order valence-corrected chi connectivity index (χ3v) is 4.26. The number of hydrogen-bond donors (Lipinski definition) is 1. The molecule has 0 spiro atoms. The van der Waals surface area contributed by atoms with Crippen LogP contribution in [0.15, 0.2) is 30.6 Å². The van der Waals surface area contributed by atoms with E-state index in [9.17, 15) is 0 Å². The first-order chi connectivity index (χ1) is 10.8. The van der Waals surface area contributed by atoms with Gasteiger partial charge in [0.05, 0.1) is 23.4 Å². The number of nitrogens with zero attached hydrogens (tertiary/aromatic N) is 4. The Morgan fingerprint density at radius 1 is 1.05 bits per heavy atom. The van der Waals surface area contributed by atoms with Gasteiger partial charge in [0.1, 0.15) is 11.5 Å². The number of aromatic amines is 1. The van der Waals surface area contributed by atoms with Crippen LogP contribution in [0.25, 0.3) is 22.6 Å². The molecular formula is C17H19N5. The van der Waals surface area contributed by atoms with Crippen LogP contribution in [-0.4, -0.2) is 33.0 Å². The summed E-state index contributed by atoms with van der Waals surface area (Å²) in [6, 6.07) is 6.15. The second kappa shape index (κ2) is 5.40. The molecule has 2 aromatic heterocycles. The fourth-order valence-corrected chi connectivity index (χ4v) is 3.04. The first-order valence-corrected chi connectivity index (χ1v) is 7.84. The summed E-state index contributed by atoms with van der Waals surface area (Å²) in [5.41, 5.74) is 4.02. The van der Waals surface area contributed by atoms with Crippen molar-refractivity contribution in [1.82, 2.24) is 19.9 Å². The Kier molecular flexibility index (Phi) is 3.25. The summed E-state index contributed by atoms with van der Waals surface area (Å²) in [6.07, 6.45) is 7.40. The van der Waals surface area contributed by atoms with Gasteiger partial charge in [-0.1, -0.05) is 12.1 Å². The van der Waals surface area contributed by atoms with Crippen LogP contribution >= 0.6 is 0 Å². The summed E-state index contributed by atoms with van der Waals surface area (Å²) < 4.78 is 0. The molecular weight excluding hydrogens is 274 g/mol. The zero-order chi connectivity index (χ0) is 14.9. The molecule has 1 saturated heterocycles. The van der Waals surface area contributed by atoms with E-state index in [1.807, 2.05) is 18.3 Å². The Hall–Kier alpha value is -2.43. The summed E-state index contributed by atoms with van der Waals surface area (Å²) in [7, 11) is 0. The van der Waals surface area contributed by atoms with E-state index in [0.717, 1.165) is 41.5 Å². The van der Waals surface area contributed by atoms with Crippen LogP contribution < -0.4 is 4.90 Å². The van der Waals surface area contributed by atoms with E-state index >= 15 is 0 Å². The lowest BCUT2D eigenvalue weighted by Gasteiger charge is -2.27. The highest BCUT2D eigenvalue weighted by atomic mass is 15.2. The maximum Gasteiger partial charge on any atom is 0.158 e. The highest BCUT2D eigenvalue weighted by molar-refractivity contribution is 5.81. The summed E-state index contributed by atoms with van der Waals surface area (Å²) in [5, 5.41) is 0. The fraction of sp³-hybridized carbons (Fsp3) is 0.353. The van der Waals surface area contributed by atoms with Gasteiger partial charge in [-0.3, -0.25) is 4.98 Å². The number of rotatable bonds is 2. The van der Waals surface area contributed by atoms with Gasteiger partial charge in [-0.05, 0) is 37.8 Å². The maximum absolute atomic E-state index is 4.76. The normalized spacial score (nSPS) is 15.4. The molecule has 0 amide bonds. The summed E-state index contributed by atoms with van der Waals surface area (Å²) in [4.78, 5) is 19.5. The number of hydrogen-bond acceptors (Lipinski definition) is 4. The van der Waals surface area contributed by atoms with Crippen molar-refractivity contribution >= 4 is 16.9 Å². The van der Waals surface area contributed by atoms with Crippen molar-refractivity contribution in [3.05, 3.63) is 36.2 Å². The number of benzene rings is 1. The van der Waals surface area contributed by atoms with Crippen LogP contribution in [-0.2, 0) is 0 Å². The highest BCUT2D eigenvalue weighted by Gasteiger charge is 2.14. The van der Waals surface area contributed by atoms with Crippen LogP contribution in [0, 0.1) is 6.92 Å². The lowest BCUT2D eigenvalue weighted by molar-refractivity contribution is 0.573. The minimum atomic E-state index is 0.788. The Balaban J connectivity index is 1.73. The van der Waals surface area contributed by atoms with E-state index in [0.29, 0.717) is 0 Å². The second-order valence-electron chi connectivity index (χ2n) is 5.87. The molecule has 1 aliphatic heterocycles. The minimum absolute atomic E-state index is 0.788. The fourth-order valence-electron chi connectivity index (χ4n) is 3.04. The minimum Gasteiger partial charge on any atom is -0.355 e. The number of piperidine rings is 1. The van der Waals surface area contributed by atoms with Crippen LogP contribution in [0.1, 0.15) is 24.8 Å². The number of aryl methyl sites for hydroxylation is 1. The van der Waals surface area contributed by atoms with Crippen molar-refractivity contribution in [3.8, 4) is 11.5 Å². The van der Waals surface area contributed by atoms with Gasteiger partial charge in [0.15, 0.2) is 5.82 Å². The number of fused-ring (bicyclic) bond motifs is 1. The predicted molar refractivity (Wildman–Crippen MR) is 87.9 cm³/mol. The third kappa shape index (κ3) is 2.32. The average molecular weight is 293 g/mol. The van der Waals surface area contributed by atoms with Crippen LogP contribution in [0.4, 0.5) is 5.82 Å². The van der Waals surface area contributed by atoms with E-state index < -0.39 is 0 Å². The average Bonchev–Trinajstić information content (AvgIpc) is 3.02. The van der Waals surface area contributed by atoms with Gasteiger partial charge in [0, 0.05) is 13.1 Å². The lowest BCUT2D eigenvalue weighted by Crippen LogP contribution is -2.30. The van der Waals surface area contributed by atoms with Gasteiger partial charge in [0.25, 0.3) is 0 Å². The van der Waals surface area contributed by atoms with Crippen molar-refractivity contribution < 1.29 is 0 Å². The molecule has 3 heterocycles. The van der Waals surface area contributed by atoms with E-state index in [4.69, 9.17) is 9.97 Å². The van der Waals surface area contributed by atoms with Gasteiger partial charge in [-0.15, -0.1) is 0 Å². The van der Waals surface area contributed by atoms with Crippen molar-refractivity contribution in [1.29, 1.82) is 0 Å². The van der Waals surface area contributed by atoms with Crippen LogP contribution in [0.2, 0.25) is 0 Å². The Morgan fingerprint density at radius 3 is 2.73 bits per heavy atom. The van der Waals surface area contributed by atoms with E-state index in [-0.39, 0.29) is 0 Å². The zero-order valence-electron chi connectivity index (χ0n) is 12.7. The third-order valence-electron chi connectivity index (χ3n) is 4.26. The molecule has 3 aromatic rings. The molecule has 1 fully saturated rings. The van der Waals surface area contributed by atoms with Gasteiger partial charge < -0.3 is 9.88 Å². The van der Waals surface area contributed by atoms with Crippen molar-refractivity contribution in [2.75, 3.05) is 18.0 Å². The van der Waals surface area contributed by atoms with Gasteiger partial charge in [-0.25, -0.2) is 9.97 Å². The lowest BCUT2D eigenvalue weighted by atomic mass is 10.1. The molecule has 1 aromatic carbocycles. The standard InChI is InChI=1S/C17H19N5/c1-12-6-5-7-13-16(12)21-17(20-13)14-10-18-11-15(19-14)22-8-3-2-4-9-22/h5-7,10-11H,2-4,8-9H2,1H3,(H,20,21). The number of nitrogens with one attached hydrogen (secondary N) is 1. The molecule has 0 radical (unpaired) electrons. The Bertz CT molecular complexity index is 802. The summed E-state index contributed by atoms with van der Waals surface area (Å²) in [6.45, 7) is 4.21. The Labute approximate surface area is 129 Å². The van der Waals surface area contributed by atoms with Gasteiger partial charge >= 0.3 is 0 Å². The largest absolute Gasteiger partial charge is 0.355 e. The molecule has 1 N–H and O–H groups in total. The van der Waals surface area contributed by atoms with E-state index in [1.165, 1.54) is 24.8 Å². The maximum atomic E-state index is 4.76. The number of para-hydroxylation sites is 1.